The first kappa shape index (κ1) is 12.5. The first-order valence-corrected chi connectivity index (χ1v) is 5.20. The number of benzene rings is 1. The van der Waals surface area contributed by atoms with E-state index in [9.17, 15) is 4.79 Å². The standard InChI is InChI=1S/C12H17NO3/c1-13-11(12(14)15)8-5-9-3-6-10(16-2)7-4-9/h3-4,6-7,11,13H,5,8H2,1-2H3,(H,14,15)/t11-/m0/s1. The van der Waals surface area contributed by atoms with Crippen LogP contribution >= 0.6 is 0 Å². The van der Waals surface area contributed by atoms with Gasteiger partial charge in [-0.25, -0.2) is 0 Å². The second-order valence-corrected chi connectivity index (χ2v) is 3.57. The van der Waals surface area contributed by atoms with Gasteiger partial charge in [-0.3, -0.25) is 4.79 Å². The molecule has 4 nitrogen and oxygen atoms in total. The molecule has 0 aromatic heterocycles. The Hall–Kier alpha value is -1.55. The molecule has 0 unspecified atom stereocenters. The maximum Gasteiger partial charge on any atom is 0.320 e. The molecule has 1 rings (SSSR count). The van der Waals surface area contributed by atoms with Gasteiger partial charge in [-0.2, -0.15) is 0 Å². The molecule has 0 saturated heterocycles. The summed E-state index contributed by atoms with van der Waals surface area (Å²) in [5.41, 5.74) is 1.11. The fraction of sp³-hybridized carbons (Fsp3) is 0.417. The average Bonchev–Trinajstić information content (AvgIpc) is 2.30. The fourth-order valence-corrected chi connectivity index (χ4v) is 1.49. The third-order valence-corrected chi connectivity index (χ3v) is 2.53. The molecule has 0 heterocycles. The Kier molecular flexibility index (Phi) is 4.79. The number of ether oxygens (including phenoxy) is 1. The third-order valence-electron chi connectivity index (χ3n) is 2.53. The molecule has 1 atom stereocenters. The van der Waals surface area contributed by atoms with Crippen LogP contribution in [0.2, 0.25) is 0 Å². The number of hydrogen-bond donors (Lipinski definition) is 2. The summed E-state index contributed by atoms with van der Waals surface area (Å²) in [5.74, 6) is 0.00293. The van der Waals surface area contributed by atoms with Crippen molar-refractivity contribution in [1.29, 1.82) is 0 Å². The lowest BCUT2D eigenvalue weighted by molar-refractivity contribution is -0.139. The molecule has 16 heavy (non-hydrogen) atoms. The summed E-state index contributed by atoms with van der Waals surface area (Å²) in [7, 11) is 3.28. The van der Waals surface area contributed by atoms with Crippen LogP contribution in [-0.4, -0.2) is 31.3 Å². The largest absolute Gasteiger partial charge is 0.497 e. The highest BCUT2D eigenvalue weighted by Gasteiger charge is 2.13. The number of carboxylic acid groups (broad SMARTS) is 1. The summed E-state index contributed by atoms with van der Waals surface area (Å²) in [5, 5.41) is 11.6. The second kappa shape index (κ2) is 6.12. The van der Waals surface area contributed by atoms with E-state index in [-0.39, 0.29) is 0 Å². The minimum atomic E-state index is -0.809. The summed E-state index contributed by atoms with van der Waals surface area (Å²) in [6.07, 6.45) is 1.32. The van der Waals surface area contributed by atoms with Crippen molar-refractivity contribution in [3.05, 3.63) is 29.8 Å². The number of aryl methyl sites for hydroxylation is 1. The zero-order valence-electron chi connectivity index (χ0n) is 9.56. The maximum atomic E-state index is 10.8. The molecule has 1 aromatic carbocycles. The third kappa shape index (κ3) is 3.55. The number of aliphatic carboxylic acids is 1. The highest BCUT2D eigenvalue weighted by atomic mass is 16.5. The molecule has 0 saturated carbocycles. The topological polar surface area (TPSA) is 58.6 Å². The average molecular weight is 223 g/mol. The van der Waals surface area contributed by atoms with Crippen LogP contribution in [0.25, 0.3) is 0 Å². The van der Waals surface area contributed by atoms with Crippen molar-refractivity contribution < 1.29 is 14.6 Å². The second-order valence-electron chi connectivity index (χ2n) is 3.57. The van der Waals surface area contributed by atoms with Crippen molar-refractivity contribution in [3.63, 3.8) is 0 Å². The Labute approximate surface area is 95.2 Å². The maximum absolute atomic E-state index is 10.8. The Morgan fingerprint density at radius 1 is 1.44 bits per heavy atom. The van der Waals surface area contributed by atoms with E-state index < -0.39 is 12.0 Å². The van der Waals surface area contributed by atoms with Gasteiger partial charge in [0.05, 0.1) is 7.11 Å². The lowest BCUT2D eigenvalue weighted by atomic mass is 10.1. The van der Waals surface area contributed by atoms with Crippen LogP contribution in [0, 0.1) is 0 Å². The van der Waals surface area contributed by atoms with Crippen molar-refractivity contribution in [2.75, 3.05) is 14.2 Å². The van der Waals surface area contributed by atoms with Crippen LogP contribution in [-0.2, 0) is 11.2 Å². The predicted octanol–water partition coefficient (Wildman–Crippen LogP) is 1.30. The van der Waals surface area contributed by atoms with Crippen molar-refractivity contribution in [1.82, 2.24) is 5.32 Å². The van der Waals surface area contributed by atoms with Gasteiger partial charge >= 0.3 is 5.97 Å². The molecular formula is C12H17NO3. The van der Waals surface area contributed by atoms with Crippen molar-refractivity contribution in [2.45, 2.75) is 18.9 Å². The Morgan fingerprint density at radius 2 is 2.06 bits per heavy atom. The monoisotopic (exact) mass is 223 g/mol. The van der Waals surface area contributed by atoms with Gasteiger partial charge in [-0.05, 0) is 37.6 Å². The summed E-state index contributed by atoms with van der Waals surface area (Å²) >= 11 is 0. The number of likely N-dealkylation sites (N-methyl/N-ethyl adjacent to an activating group) is 1. The summed E-state index contributed by atoms with van der Waals surface area (Å²) < 4.78 is 5.05. The van der Waals surface area contributed by atoms with E-state index in [0.29, 0.717) is 6.42 Å². The summed E-state index contributed by atoms with van der Waals surface area (Å²) in [4.78, 5) is 10.8. The quantitative estimate of drug-likeness (QED) is 0.763. The van der Waals surface area contributed by atoms with Crippen molar-refractivity contribution in [2.24, 2.45) is 0 Å². The molecule has 0 spiro atoms. The van der Waals surface area contributed by atoms with Gasteiger partial charge in [0.2, 0.25) is 0 Å². The number of carbonyl (C=O) groups is 1. The SMILES string of the molecule is CN[C@@H](CCc1ccc(OC)cc1)C(=O)O. The highest BCUT2D eigenvalue weighted by Crippen LogP contribution is 2.13. The van der Waals surface area contributed by atoms with Gasteiger partial charge in [-0.15, -0.1) is 0 Å². The lowest BCUT2D eigenvalue weighted by Gasteiger charge is -2.10. The molecule has 1 aromatic rings. The molecule has 0 radical (unpaired) electrons. The number of nitrogens with one attached hydrogen (secondary N) is 1. The number of carboxylic acids is 1. The van der Waals surface area contributed by atoms with Crippen LogP contribution < -0.4 is 10.1 Å². The zero-order chi connectivity index (χ0) is 12.0. The van der Waals surface area contributed by atoms with Crippen LogP contribution in [0.4, 0.5) is 0 Å². The zero-order valence-corrected chi connectivity index (χ0v) is 9.56. The lowest BCUT2D eigenvalue weighted by Crippen LogP contribution is -2.34. The van der Waals surface area contributed by atoms with Crippen LogP contribution in [0.1, 0.15) is 12.0 Å². The Balaban J connectivity index is 2.50. The molecule has 4 heteroatoms. The predicted molar refractivity (Wildman–Crippen MR) is 61.8 cm³/mol. The van der Waals surface area contributed by atoms with E-state index in [1.807, 2.05) is 24.3 Å². The molecule has 88 valence electrons. The number of hydrogen-bond acceptors (Lipinski definition) is 3. The van der Waals surface area contributed by atoms with Gasteiger partial charge in [-0.1, -0.05) is 12.1 Å². The summed E-state index contributed by atoms with van der Waals surface area (Å²) in [6, 6.07) is 7.18. The van der Waals surface area contributed by atoms with E-state index in [4.69, 9.17) is 9.84 Å². The van der Waals surface area contributed by atoms with E-state index in [0.717, 1.165) is 17.7 Å². The number of rotatable bonds is 6. The van der Waals surface area contributed by atoms with Gasteiger partial charge < -0.3 is 15.2 Å². The molecule has 0 bridgehead atoms. The molecule has 0 aliphatic carbocycles. The van der Waals surface area contributed by atoms with Crippen molar-refractivity contribution >= 4 is 5.97 Å². The first-order chi connectivity index (χ1) is 7.67. The first-order valence-electron chi connectivity index (χ1n) is 5.20. The molecule has 0 fully saturated rings. The molecular weight excluding hydrogens is 206 g/mol. The van der Waals surface area contributed by atoms with Crippen LogP contribution in [0.3, 0.4) is 0 Å². The fourth-order valence-electron chi connectivity index (χ4n) is 1.49. The van der Waals surface area contributed by atoms with Crippen LogP contribution in [0.5, 0.6) is 5.75 Å². The minimum Gasteiger partial charge on any atom is -0.497 e. The number of methoxy groups -OCH3 is 1. The van der Waals surface area contributed by atoms with E-state index >= 15 is 0 Å². The molecule has 2 N–H and O–H groups in total. The van der Waals surface area contributed by atoms with Gasteiger partial charge in [0, 0.05) is 0 Å². The normalized spacial score (nSPS) is 12.1. The highest BCUT2D eigenvalue weighted by molar-refractivity contribution is 5.73. The Bertz CT molecular complexity index is 335. The van der Waals surface area contributed by atoms with E-state index in [1.54, 1.807) is 14.2 Å². The minimum absolute atomic E-state index is 0.484. The summed E-state index contributed by atoms with van der Waals surface area (Å²) in [6.45, 7) is 0. The molecule has 0 aliphatic rings. The van der Waals surface area contributed by atoms with Crippen molar-refractivity contribution in [3.8, 4) is 5.75 Å². The van der Waals surface area contributed by atoms with Gasteiger partial charge in [0.15, 0.2) is 0 Å². The van der Waals surface area contributed by atoms with Gasteiger partial charge in [0.25, 0.3) is 0 Å². The van der Waals surface area contributed by atoms with E-state index in [2.05, 4.69) is 5.32 Å². The van der Waals surface area contributed by atoms with Gasteiger partial charge in [0.1, 0.15) is 11.8 Å². The Morgan fingerprint density at radius 3 is 2.50 bits per heavy atom. The molecule has 0 amide bonds. The molecule has 0 aliphatic heterocycles. The van der Waals surface area contributed by atoms with E-state index in [1.165, 1.54) is 0 Å². The smallest absolute Gasteiger partial charge is 0.320 e. The van der Waals surface area contributed by atoms with Crippen LogP contribution in [0.15, 0.2) is 24.3 Å².